The van der Waals surface area contributed by atoms with E-state index in [2.05, 4.69) is 21.7 Å². The molecule has 118 valence electrons. The Bertz CT molecular complexity index is 567. The lowest BCUT2D eigenvalue weighted by atomic mass is 9.81. The molecule has 1 aromatic rings. The van der Waals surface area contributed by atoms with Gasteiger partial charge in [0.05, 0.1) is 6.26 Å². The molecule has 21 heavy (non-hydrogen) atoms. The average Bonchev–Trinajstić information content (AvgIpc) is 2.91. The quantitative estimate of drug-likeness (QED) is 0.856. The zero-order chi connectivity index (χ0) is 14.9. The van der Waals surface area contributed by atoms with Crippen molar-refractivity contribution in [3.8, 4) is 0 Å². The van der Waals surface area contributed by atoms with Crippen molar-refractivity contribution < 1.29 is 8.42 Å². The van der Waals surface area contributed by atoms with E-state index in [1.807, 2.05) is 4.31 Å². The van der Waals surface area contributed by atoms with Crippen LogP contribution in [0, 0.1) is 0 Å². The van der Waals surface area contributed by atoms with Crippen LogP contribution in [0.15, 0.2) is 16.8 Å². The van der Waals surface area contributed by atoms with Crippen molar-refractivity contribution in [1.82, 2.24) is 9.21 Å². The molecule has 1 spiro atoms. The van der Waals surface area contributed by atoms with Crippen molar-refractivity contribution in [3.63, 3.8) is 0 Å². The first-order chi connectivity index (χ1) is 10.00. The van der Waals surface area contributed by atoms with Crippen LogP contribution in [0.1, 0.15) is 37.7 Å². The standard InChI is InChI=1S/C15H24N2O2S2/c1-21(18,19)17-9-3-2-6-15(17)7-4-8-16(13-15)11-14-5-10-20-12-14/h5,10,12H,2-4,6-9,11,13H2,1H3/t15-/m0/s1. The third-order valence-corrected chi connectivity index (χ3v) is 6.91. The molecule has 3 heterocycles. The van der Waals surface area contributed by atoms with Gasteiger partial charge in [0.25, 0.3) is 0 Å². The van der Waals surface area contributed by atoms with E-state index in [4.69, 9.17) is 0 Å². The summed E-state index contributed by atoms with van der Waals surface area (Å²) in [5.74, 6) is 0. The van der Waals surface area contributed by atoms with E-state index < -0.39 is 10.0 Å². The maximum absolute atomic E-state index is 12.2. The highest BCUT2D eigenvalue weighted by molar-refractivity contribution is 7.88. The van der Waals surface area contributed by atoms with Gasteiger partial charge in [-0.05, 0) is 54.6 Å². The Morgan fingerprint density at radius 2 is 2.05 bits per heavy atom. The molecule has 2 fully saturated rings. The summed E-state index contributed by atoms with van der Waals surface area (Å²) in [6, 6.07) is 2.17. The molecule has 0 amide bonds. The fraction of sp³-hybridized carbons (Fsp3) is 0.733. The van der Waals surface area contributed by atoms with Crippen molar-refractivity contribution >= 4 is 21.4 Å². The molecule has 2 saturated heterocycles. The lowest BCUT2D eigenvalue weighted by molar-refractivity contribution is 0.0337. The highest BCUT2D eigenvalue weighted by atomic mass is 32.2. The van der Waals surface area contributed by atoms with Gasteiger partial charge in [-0.3, -0.25) is 4.90 Å². The fourth-order valence-corrected chi connectivity index (χ4v) is 6.04. The zero-order valence-corrected chi connectivity index (χ0v) is 14.3. The van der Waals surface area contributed by atoms with E-state index in [-0.39, 0.29) is 5.54 Å². The summed E-state index contributed by atoms with van der Waals surface area (Å²) < 4.78 is 26.2. The van der Waals surface area contributed by atoms with Gasteiger partial charge in [0.15, 0.2) is 0 Å². The van der Waals surface area contributed by atoms with E-state index in [9.17, 15) is 8.42 Å². The molecule has 4 nitrogen and oxygen atoms in total. The first kappa shape index (κ1) is 15.5. The largest absolute Gasteiger partial charge is 0.297 e. The van der Waals surface area contributed by atoms with Gasteiger partial charge in [0.2, 0.25) is 10.0 Å². The molecule has 2 aliphatic heterocycles. The summed E-state index contributed by atoms with van der Waals surface area (Å²) >= 11 is 1.73. The lowest BCUT2D eigenvalue weighted by Crippen LogP contribution is -2.61. The number of likely N-dealkylation sites (tertiary alicyclic amines) is 1. The third kappa shape index (κ3) is 3.33. The molecule has 0 aliphatic carbocycles. The number of rotatable bonds is 3. The van der Waals surface area contributed by atoms with E-state index in [1.54, 1.807) is 11.3 Å². The number of sulfonamides is 1. The van der Waals surface area contributed by atoms with Crippen LogP contribution < -0.4 is 0 Å². The molecular formula is C15H24N2O2S2. The molecule has 0 N–H and O–H groups in total. The Kier molecular flexibility index (Phi) is 4.41. The van der Waals surface area contributed by atoms with Gasteiger partial charge in [-0.15, -0.1) is 0 Å². The van der Waals surface area contributed by atoms with Crippen molar-refractivity contribution in [1.29, 1.82) is 0 Å². The van der Waals surface area contributed by atoms with Crippen molar-refractivity contribution in [2.24, 2.45) is 0 Å². The summed E-state index contributed by atoms with van der Waals surface area (Å²) in [5.41, 5.74) is 1.19. The Balaban J connectivity index is 1.79. The normalized spacial score (nSPS) is 29.0. The smallest absolute Gasteiger partial charge is 0.211 e. The van der Waals surface area contributed by atoms with Gasteiger partial charge in [-0.2, -0.15) is 15.6 Å². The van der Waals surface area contributed by atoms with Crippen LogP contribution in [0.5, 0.6) is 0 Å². The van der Waals surface area contributed by atoms with E-state index in [0.29, 0.717) is 6.54 Å². The minimum atomic E-state index is -3.11. The molecule has 1 aromatic heterocycles. The zero-order valence-electron chi connectivity index (χ0n) is 12.6. The molecule has 0 aromatic carbocycles. The Hall–Kier alpha value is -0.430. The van der Waals surface area contributed by atoms with E-state index >= 15 is 0 Å². The number of piperidine rings is 2. The van der Waals surface area contributed by atoms with Gasteiger partial charge in [-0.25, -0.2) is 8.42 Å². The Labute approximate surface area is 131 Å². The van der Waals surface area contributed by atoms with E-state index in [0.717, 1.165) is 51.7 Å². The first-order valence-electron chi connectivity index (χ1n) is 7.71. The molecule has 2 aliphatic rings. The van der Waals surface area contributed by atoms with Gasteiger partial charge >= 0.3 is 0 Å². The Morgan fingerprint density at radius 3 is 2.76 bits per heavy atom. The second-order valence-electron chi connectivity index (χ2n) is 6.46. The van der Waals surface area contributed by atoms with Crippen LogP contribution in [0.3, 0.4) is 0 Å². The summed E-state index contributed by atoms with van der Waals surface area (Å²) in [7, 11) is -3.11. The minimum absolute atomic E-state index is 0.153. The average molecular weight is 329 g/mol. The number of hydrogen-bond acceptors (Lipinski definition) is 4. The number of nitrogens with zero attached hydrogens (tertiary/aromatic N) is 2. The van der Waals surface area contributed by atoms with Gasteiger partial charge in [0.1, 0.15) is 0 Å². The van der Waals surface area contributed by atoms with Crippen molar-refractivity contribution in [3.05, 3.63) is 22.4 Å². The first-order valence-corrected chi connectivity index (χ1v) is 10.5. The number of thiophene rings is 1. The van der Waals surface area contributed by atoms with Crippen LogP contribution in [0.4, 0.5) is 0 Å². The summed E-state index contributed by atoms with van der Waals surface area (Å²) in [4.78, 5) is 2.44. The van der Waals surface area contributed by atoms with Gasteiger partial charge < -0.3 is 0 Å². The van der Waals surface area contributed by atoms with Crippen molar-refractivity contribution in [2.45, 2.75) is 44.2 Å². The SMILES string of the molecule is CS(=O)(=O)N1CCCC[C@@]12CCCN(Cc1ccsc1)C2. The summed E-state index contributed by atoms with van der Waals surface area (Å²) in [6.07, 6.45) is 6.64. The third-order valence-electron chi connectivity index (χ3n) is 4.80. The van der Waals surface area contributed by atoms with Crippen LogP contribution in [0.2, 0.25) is 0 Å². The van der Waals surface area contributed by atoms with Crippen LogP contribution in [-0.4, -0.2) is 49.1 Å². The topological polar surface area (TPSA) is 40.6 Å². The second kappa shape index (κ2) is 5.99. The monoisotopic (exact) mass is 328 g/mol. The van der Waals surface area contributed by atoms with Crippen LogP contribution >= 0.6 is 11.3 Å². The van der Waals surface area contributed by atoms with Crippen LogP contribution in [0.25, 0.3) is 0 Å². The van der Waals surface area contributed by atoms with Crippen molar-refractivity contribution in [2.75, 3.05) is 25.9 Å². The summed E-state index contributed by atoms with van der Waals surface area (Å²) in [6.45, 7) is 3.61. The number of hydrogen-bond donors (Lipinski definition) is 0. The molecule has 0 unspecified atom stereocenters. The minimum Gasteiger partial charge on any atom is -0.297 e. The molecule has 6 heteroatoms. The Morgan fingerprint density at radius 1 is 1.24 bits per heavy atom. The predicted molar refractivity (Wildman–Crippen MR) is 87.0 cm³/mol. The highest BCUT2D eigenvalue weighted by Crippen LogP contribution is 2.38. The molecule has 0 saturated carbocycles. The van der Waals surface area contributed by atoms with E-state index in [1.165, 1.54) is 11.8 Å². The second-order valence-corrected chi connectivity index (χ2v) is 9.15. The van der Waals surface area contributed by atoms with Gasteiger partial charge in [-0.1, -0.05) is 6.42 Å². The lowest BCUT2D eigenvalue weighted by Gasteiger charge is -2.51. The summed E-state index contributed by atoms with van der Waals surface area (Å²) in [5, 5.41) is 4.30. The fourth-order valence-electron chi connectivity index (χ4n) is 3.98. The van der Waals surface area contributed by atoms with Crippen LogP contribution in [-0.2, 0) is 16.6 Å². The molecule has 1 atom stereocenters. The maximum atomic E-state index is 12.2. The maximum Gasteiger partial charge on any atom is 0.211 e. The molecule has 3 rings (SSSR count). The predicted octanol–water partition coefficient (Wildman–Crippen LogP) is 2.53. The molecule has 0 bridgehead atoms. The molecular weight excluding hydrogens is 304 g/mol. The molecule has 0 radical (unpaired) electrons. The highest BCUT2D eigenvalue weighted by Gasteiger charge is 2.45. The van der Waals surface area contributed by atoms with Gasteiger partial charge in [0, 0.05) is 25.2 Å².